The summed E-state index contributed by atoms with van der Waals surface area (Å²) in [6, 6.07) is 9.68. The van der Waals surface area contributed by atoms with Crippen molar-refractivity contribution in [2.75, 3.05) is 6.54 Å². The monoisotopic (exact) mass is 357 g/mol. The highest BCUT2D eigenvalue weighted by atomic mass is 16.2. The Morgan fingerprint density at radius 2 is 2.00 bits per heavy atom. The highest BCUT2D eigenvalue weighted by molar-refractivity contribution is 5.98. The summed E-state index contributed by atoms with van der Waals surface area (Å²) < 4.78 is 1.91. The van der Waals surface area contributed by atoms with Gasteiger partial charge in [-0.25, -0.2) is 9.50 Å². The van der Waals surface area contributed by atoms with Gasteiger partial charge in [0.1, 0.15) is 0 Å². The molecule has 0 unspecified atom stereocenters. The molecule has 3 aromatic heterocycles. The molecule has 0 fully saturated rings. The minimum Gasteiger partial charge on any atom is -0.334 e. The Morgan fingerprint density at radius 1 is 1.11 bits per heavy atom. The minimum atomic E-state index is 0.0440. The van der Waals surface area contributed by atoms with Crippen LogP contribution in [0.15, 0.2) is 42.7 Å². The predicted octanol–water partition coefficient (Wildman–Crippen LogP) is 3.09. The van der Waals surface area contributed by atoms with Gasteiger partial charge in [-0.2, -0.15) is 5.10 Å². The van der Waals surface area contributed by atoms with Crippen molar-refractivity contribution in [2.24, 2.45) is 0 Å². The van der Waals surface area contributed by atoms with Crippen LogP contribution in [0, 0.1) is 13.8 Å². The third-order valence-corrected chi connectivity index (χ3v) is 5.27. The third kappa shape index (κ3) is 2.56. The number of carbonyl (C=O) groups excluding carboxylic acids is 1. The number of fused-ring (bicyclic) bond motifs is 4. The molecule has 6 nitrogen and oxygen atoms in total. The quantitative estimate of drug-likeness (QED) is 0.525. The van der Waals surface area contributed by atoms with E-state index in [2.05, 4.69) is 15.1 Å². The maximum atomic E-state index is 13.1. The van der Waals surface area contributed by atoms with Gasteiger partial charge in [-0.05, 0) is 43.7 Å². The Hall–Kier alpha value is -3.28. The molecule has 1 aliphatic rings. The van der Waals surface area contributed by atoms with Crippen LogP contribution in [0.2, 0.25) is 0 Å². The van der Waals surface area contributed by atoms with Crippen molar-refractivity contribution in [3.63, 3.8) is 0 Å². The van der Waals surface area contributed by atoms with Crippen LogP contribution in [0.4, 0.5) is 0 Å². The van der Waals surface area contributed by atoms with Crippen molar-refractivity contribution in [3.8, 4) is 0 Å². The molecule has 1 aromatic carbocycles. The Balaban J connectivity index is 1.48. The molecule has 0 bridgehead atoms. The lowest BCUT2D eigenvalue weighted by atomic mass is 10.0. The van der Waals surface area contributed by atoms with E-state index >= 15 is 0 Å². The van der Waals surface area contributed by atoms with Gasteiger partial charge in [0.2, 0.25) is 0 Å². The van der Waals surface area contributed by atoms with Gasteiger partial charge in [0.25, 0.3) is 5.91 Å². The molecular formula is C21H19N5O. The zero-order valence-corrected chi connectivity index (χ0v) is 15.3. The van der Waals surface area contributed by atoms with Crippen LogP contribution in [-0.2, 0) is 13.0 Å². The summed E-state index contributed by atoms with van der Waals surface area (Å²) in [7, 11) is 0. The van der Waals surface area contributed by atoms with E-state index in [4.69, 9.17) is 0 Å². The topological polar surface area (TPSA) is 63.4 Å². The lowest BCUT2D eigenvalue weighted by Crippen LogP contribution is -2.37. The summed E-state index contributed by atoms with van der Waals surface area (Å²) in [6.07, 6.45) is 4.44. The van der Waals surface area contributed by atoms with E-state index in [0.717, 1.165) is 45.5 Å². The Bertz CT molecular complexity index is 1210. The number of benzene rings is 1. The second kappa shape index (κ2) is 5.87. The highest BCUT2D eigenvalue weighted by Gasteiger charge is 2.24. The lowest BCUT2D eigenvalue weighted by molar-refractivity contribution is 0.0733. The molecular weight excluding hydrogens is 338 g/mol. The van der Waals surface area contributed by atoms with Crippen molar-refractivity contribution >= 4 is 22.5 Å². The van der Waals surface area contributed by atoms with Crippen LogP contribution < -0.4 is 0 Å². The molecule has 0 spiro atoms. The van der Waals surface area contributed by atoms with Gasteiger partial charge >= 0.3 is 0 Å². The number of hydrogen-bond donors (Lipinski definition) is 0. The Labute approximate surface area is 156 Å². The fourth-order valence-electron chi connectivity index (χ4n) is 3.83. The van der Waals surface area contributed by atoms with Crippen LogP contribution in [0.1, 0.15) is 32.9 Å². The van der Waals surface area contributed by atoms with E-state index in [-0.39, 0.29) is 5.91 Å². The average Bonchev–Trinajstić information content (AvgIpc) is 3.08. The van der Waals surface area contributed by atoms with E-state index in [1.165, 1.54) is 0 Å². The predicted molar refractivity (Wildman–Crippen MR) is 103 cm³/mol. The summed E-state index contributed by atoms with van der Waals surface area (Å²) in [4.78, 5) is 23.8. The van der Waals surface area contributed by atoms with E-state index < -0.39 is 0 Å². The number of pyridine rings is 1. The Kier molecular flexibility index (Phi) is 3.47. The van der Waals surface area contributed by atoms with Gasteiger partial charge < -0.3 is 4.90 Å². The van der Waals surface area contributed by atoms with E-state index in [1.54, 1.807) is 6.20 Å². The second-order valence-electron chi connectivity index (χ2n) is 7.12. The van der Waals surface area contributed by atoms with Gasteiger partial charge in [0, 0.05) is 54.5 Å². The van der Waals surface area contributed by atoms with E-state index in [9.17, 15) is 4.79 Å². The fourth-order valence-corrected chi connectivity index (χ4v) is 3.83. The molecule has 1 amide bonds. The molecule has 4 heterocycles. The normalized spacial score (nSPS) is 13.9. The van der Waals surface area contributed by atoms with Crippen molar-refractivity contribution in [3.05, 3.63) is 70.8 Å². The van der Waals surface area contributed by atoms with Gasteiger partial charge in [-0.15, -0.1) is 0 Å². The molecule has 5 rings (SSSR count). The SMILES string of the molecule is Cc1cc2ncc3c(n2n1)CCN(C(=O)c1ccc2nccc(C)c2c1)C3. The summed E-state index contributed by atoms with van der Waals surface area (Å²) in [5.41, 5.74) is 6.76. The van der Waals surface area contributed by atoms with Crippen molar-refractivity contribution < 1.29 is 4.79 Å². The van der Waals surface area contributed by atoms with Crippen molar-refractivity contribution in [2.45, 2.75) is 26.8 Å². The molecule has 4 aromatic rings. The van der Waals surface area contributed by atoms with Gasteiger partial charge in [-0.1, -0.05) is 0 Å². The molecule has 6 heteroatoms. The Morgan fingerprint density at radius 3 is 2.89 bits per heavy atom. The van der Waals surface area contributed by atoms with Gasteiger partial charge in [-0.3, -0.25) is 9.78 Å². The maximum absolute atomic E-state index is 13.1. The summed E-state index contributed by atoms with van der Waals surface area (Å²) >= 11 is 0. The first-order chi connectivity index (χ1) is 13.1. The molecule has 27 heavy (non-hydrogen) atoms. The molecule has 0 saturated heterocycles. The van der Waals surface area contributed by atoms with Crippen LogP contribution in [0.5, 0.6) is 0 Å². The number of rotatable bonds is 1. The molecule has 1 aliphatic heterocycles. The highest BCUT2D eigenvalue weighted by Crippen LogP contribution is 2.23. The number of amides is 1. The van der Waals surface area contributed by atoms with Crippen LogP contribution in [-0.4, -0.2) is 36.9 Å². The number of hydrogen-bond acceptors (Lipinski definition) is 4. The zero-order chi connectivity index (χ0) is 18.5. The molecule has 0 atom stereocenters. The first kappa shape index (κ1) is 15.9. The third-order valence-electron chi connectivity index (χ3n) is 5.27. The minimum absolute atomic E-state index is 0.0440. The maximum Gasteiger partial charge on any atom is 0.254 e. The smallest absolute Gasteiger partial charge is 0.254 e. The average molecular weight is 357 g/mol. The number of aromatic nitrogens is 4. The standard InChI is InChI=1S/C21H19N5O/c1-13-5-7-22-18-4-3-15(10-17(13)18)21(27)25-8-6-19-16(12-25)11-23-20-9-14(2)24-26(19)20/h3-5,7,9-11H,6,8,12H2,1-2H3. The van der Waals surface area contributed by atoms with Gasteiger partial charge in [0.15, 0.2) is 5.65 Å². The first-order valence-electron chi connectivity index (χ1n) is 9.08. The van der Waals surface area contributed by atoms with E-state index in [0.29, 0.717) is 18.7 Å². The van der Waals surface area contributed by atoms with E-state index in [1.807, 2.05) is 59.8 Å². The second-order valence-corrected chi connectivity index (χ2v) is 7.12. The molecule has 134 valence electrons. The molecule has 0 aliphatic carbocycles. The summed E-state index contributed by atoms with van der Waals surface area (Å²) in [5.74, 6) is 0.0440. The van der Waals surface area contributed by atoms with Crippen LogP contribution in [0.3, 0.4) is 0 Å². The molecule has 0 saturated carbocycles. The number of aryl methyl sites for hydroxylation is 2. The zero-order valence-electron chi connectivity index (χ0n) is 15.3. The number of nitrogens with zero attached hydrogens (tertiary/aromatic N) is 5. The van der Waals surface area contributed by atoms with Crippen LogP contribution in [0.25, 0.3) is 16.6 Å². The molecule has 0 radical (unpaired) electrons. The largest absolute Gasteiger partial charge is 0.334 e. The summed E-state index contributed by atoms with van der Waals surface area (Å²) in [5, 5.41) is 5.57. The van der Waals surface area contributed by atoms with Crippen molar-refractivity contribution in [1.82, 2.24) is 24.5 Å². The van der Waals surface area contributed by atoms with Crippen molar-refractivity contribution in [1.29, 1.82) is 0 Å². The molecule has 0 N–H and O–H groups in total. The van der Waals surface area contributed by atoms with Gasteiger partial charge in [0.05, 0.1) is 16.9 Å². The number of carbonyl (C=O) groups is 1. The summed E-state index contributed by atoms with van der Waals surface area (Å²) in [6.45, 7) is 5.24. The van der Waals surface area contributed by atoms with Crippen LogP contribution >= 0.6 is 0 Å². The first-order valence-corrected chi connectivity index (χ1v) is 9.08. The lowest BCUT2D eigenvalue weighted by Gasteiger charge is -2.29. The fraction of sp³-hybridized carbons (Fsp3) is 0.238.